The molecule has 44 heavy (non-hydrogen) atoms. The number of anilines is 2. The Labute approximate surface area is 255 Å². The zero-order valence-corrected chi connectivity index (χ0v) is 24.5. The number of nitrogens with zero attached hydrogens (tertiary/aromatic N) is 5. The number of para-hydroxylation sites is 1. The summed E-state index contributed by atoms with van der Waals surface area (Å²) in [5.41, 5.74) is 2.84. The molecule has 1 fully saturated rings. The van der Waals surface area contributed by atoms with E-state index in [1.54, 1.807) is 20.5 Å². The van der Waals surface area contributed by atoms with Crippen LogP contribution >= 0.6 is 0 Å². The van der Waals surface area contributed by atoms with Crippen molar-refractivity contribution in [3.63, 3.8) is 0 Å². The van der Waals surface area contributed by atoms with Gasteiger partial charge < -0.3 is 19.8 Å². The van der Waals surface area contributed by atoms with E-state index < -0.39 is 11.5 Å². The van der Waals surface area contributed by atoms with Crippen molar-refractivity contribution in [3.8, 4) is 0 Å². The lowest BCUT2D eigenvalue weighted by Crippen LogP contribution is -2.44. The highest BCUT2D eigenvalue weighted by Crippen LogP contribution is 2.45. The molecule has 1 unspecified atom stereocenters. The minimum Gasteiger partial charge on any atom is -0.447 e. The van der Waals surface area contributed by atoms with E-state index in [4.69, 9.17) is 4.74 Å². The summed E-state index contributed by atoms with van der Waals surface area (Å²) in [5, 5.41) is 30.3. The van der Waals surface area contributed by atoms with Gasteiger partial charge in [0.1, 0.15) is 6.61 Å². The van der Waals surface area contributed by atoms with E-state index in [0.717, 1.165) is 16.8 Å². The van der Waals surface area contributed by atoms with Crippen molar-refractivity contribution in [2.45, 2.75) is 38.0 Å². The largest absolute Gasteiger partial charge is 0.447 e. The fraction of sp³-hybridized carbons (Fsp3) is 0.294. The van der Waals surface area contributed by atoms with E-state index in [9.17, 15) is 19.8 Å². The molecule has 1 aromatic heterocycles. The van der Waals surface area contributed by atoms with Crippen LogP contribution in [-0.2, 0) is 28.2 Å². The Bertz CT molecular complexity index is 1650. The molecule has 2 aliphatic heterocycles. The minimum atomic E-state index is -1.71. The lowest BCUT2D eigenvalue weighted by Gasteiger charge is -2.27. The average molecular weight is 594 g/mol. The molecular weight excluding hydrogens is 558 g/mol. The van der Waals surface area contributed by atoms with Gasteiger partial charge in [0.25, 0.3) is 5.91 Å². The molecule has 2 amide bonds. The average Bonchev–Trinajstić information content (AvgIpc) is 3.75. The van der Waals surface area contributed by atoms with Gasteiger partial charge in [-0.05, 0) is 35.7 Å². The third kappa shape index (κ3) is 5.49. The molecule has 6 rings (SSSR count). The Balaban J connectivity index is 1.12. The summed E-state index contributed by atoms with van der Waals surface area (Å²) in [6, 6.07) is 24.5. The number of carbonyl (C=O) groups excluding carboxylic acids is 2. The number of aliphatic hydroxyl groups is 2. The number of aryl methyl sites for hydroxylation is 1. The van der Waals surface area contributed by atoms with Gasteiger partial charge in [0, 0.05) is 29.9 Å². The summed E-state index contributed by atoms with van der Waals surface area (Å²) in [7, 11) is 0. The third-order valence-electron chi connectivity index (χ3n) is 8.43. The monoisotopic (exact) mass is 593 g/mol. The molecule has 10 heteroatoms. The molecule has 0 radical (unpaired) electrons. The second-order valence-corrected chi connectivity index (χ2v) is 11.2. The Hall–Kier alpha value is -4.80. The molecule has 4 aromatic rings. The number of hydrogen-bond acceptors (Lipinski definition) is 7. The molecule has 3 atom stereocenters. The van der Waals surface area contributed by atoms with Crippen molar-refractivity contribution < 1.29 is 24.5 Å². The van der Waals surface area contributed by atoms with E-state index in [1.807, 2.05) is 98.1 Å². The van der Waals surface area contributed by atoms with Crippen LogP contribution in [0.2, 0.25) is 0 Å². The van der Waals surface area contributed by atoms with Crippen molar-refractivity contribution in [2.24, 2.45) is 5.92 Å². The predicted octanol–water partition coefficient (Wildman–Crippen LogP) is 4.38. The van der Waals surface area contributed by atoms with E-state index >= 15 is 0 Å². The summed E-state index contributed by atoms with van der Waals surface area (Å²) in [6.45, 7) is 3.50. The quantitative estimate of drug-likeness (QED) is 0.248. The number of carbonyl (C=O) groups is 2. The molecule has 0 aliphatic carbocycles. The van der Waals surface area contributed by atoms with Gasteiger partial charge in [-0.1, -0.05) is 85.0 Å². The number of fused-ring (bicyclic) bond motifs is 1. The number of aliphatic hydroxyl groups excluding tert-OH is 1. The van der Waals surface area contributed by atoms with Gasteiger partial charge in [0.2, 0.25) is 0 Å². The van der Waals surface area contributed by atoms with Crippen molar-refractivity contribution >= 4 is 23.4 Å². The zero-order chi connectivity index (χ0) is 30.7. The van der Waals surface area contributed by atoms with Gasteiger partial charge in [-0.3, -0.25) is 14.4 Å². The van der Waals surface area contributed by atoms with Gasteiger partial charge in [0.05, 0.1) is 37.0 Å². The standard InChI is InChI=1S/C34H35N5O5/c1-24(9-7-8-18-37-22-30(35-36-37)28(23-40)26-10-3-2-4-11-26)34(43)29-12-5-6-13-31(29)39(32(34)41)21-25-14-16-27(17-15-25)38-19-20-44-33(38)42/h2-7,9-17,22,24,28,40,43H,8,18-21,23H2,1H3/b9-7+/t24-,28?,34+/m0/s1. The first-order chi connectivity index (χ1) is 21.4. The summed E-state index contributed by atoms with van der Waals surface area (Å²) >= 11 is 0. The number of aromatic nitrogens is 3. The highest BCUT2D eigenvalue weighted by Gasteiger charge is 2.52. The first-order valence-electron chi connectivity index (χ1n) is 14.8. The van der Waals surface area contributed by atoms with Crippen LogP contribution in [0.5, 0.6) is 0 Å². The zero-order valence-electron chi connectivity index (χ0n) is 24.5. The minimum absolute atomic E-state index is 0.0639. The third-order valence-corrected chi connectivity index (χ3v) is 8.43. The number of allylic oxidation sites excluding steroid dienone is 1. The van der Waals surface area contributed by atoms with Crippen LogP contribution in [-0.4, -0.2) is 57.0 Å². The summed E-state index contributed by atoms with van der Waals surface area (Å²) < 4.78 is 6.76. The van der Waals surface area contributed by atoms with Crippen LogP contribution in [0, 0.1) is 5.92 Å². The van der Waals surface area contributed by atoms with Crippen molar-refractivity contribution in [3.05, 3.63) is 120 Å². The smallest absolute Gasteiger partial charge is 0.414 e. The molecule has 0 saturated carbocycles. The van der Waals surface area contributed by atoms with E-state index in [-0.39, 0.29) is 31.1 Å². The number of benzene rings is 3. The highest BCUT2D eigenvalue weighted by atomic mass is 16.6. The topological polar surface area (TPSA) is 121 Å². The first-order valence-corrected chi connectivity index (χ1v) is 14.8. The van der Waals surface area contributed by atoms with Crippen LogP contribution < -0.4 is 9.80 Å². The fourth-order valence-corrected chi connectivity index (χ4v) is 5.93. The Kier molecular flexibility index (Phi) is 8.28. The first kappa shape index (κ1) is 29.3. The molecule has 3 aromatic carbocycles. The summed E-state index contributed by atoms with van der Waals surface area (Å²) in [4.78, 5) is 29.0. The highest BCUT2D eigenvalue weighted by molar-refractivity contribution is 6.07. The lowest BCUT2D eigenvalue weighted by molar-refractivity contribution is -0.139. The van der Waals surface area contributed by atoms with E-state index in [2.05, 4.69) is 10.3 Å². The second-order valence-electron chi connectivity index (χ2n) is 11.2. The van der Waals surface area contributed by atoms with Gasteiger partial charge in [-0.15, -0.1) is 5.10 Å². The molecular formula is C34H35N5O5. The molecule has 2 aliphatic rings. The maximum Gasteiger partial charge on any atom is 0.414 e. The SMILES string of the molecule is C[C@@H](/C=C/CCn1cc(C(CO)c2ccccc2)nn1)[C@]1(O)C(=O)N(Cc2ccc(N3CCOC3=O)cc2)c2ccccc21. The number of amides is 2. The maximum atomic E-state index is 13.8. The number of rotatable bonds is 11. The normalized spacial score (nSPS) is 19.4. The van der Waals surface area contributed by atoms with Crippen molar-refractivity contribution in [1.82, 2.24) is 15.0 Å². The van der Waals surface area contributed by atoms with Crippen LogP contribution in [0.25, 0.3) is 0 Å². The summed E-state index contributed by atoms with van der Waals surface area (Å²) in [6.07, 6.45) is 5.93. The molecule has 226 valence electrons. The summed E-state index contributed by atoms with van der Waals surface area (Å²) in [5.74, 6) is -1.11. The van der Waals surface area contributed by atoms with Crippen LogP contribution in [0.3, 0.4) is 0 Å². The van der Waals surface area contributed by atoms with Gasteiger partial charge >= 0.3 is 6.09 Å². The van der Waals surface area contributed by atoms with Crippen molar-refractivity contribution in [1.29, 1.82) is 0 Å². The maximum absolute atomic E-state index is 13.8. The van der Waals surface area contributed by atoms with Crippen LogP contribution in [0.4, 0.5) is 16.2 Å². The second kappa shape index (κ2) is 12.4. The van der Waals surface area contributed by atoms with Crippen LogP contribution in [0.1, 0.15) is 41.6 Å². The fourth-order valence-electron chi connectivity index (χ4n) is 5.93. The predicted molar refractivity (Wildman–Crippen MR) is 165 cm³/mol. The Morgan fingerprint density at radius 3 is 2.50 bits per heavy atom. The molecule has 10 nitrogen and oxygen atoms in total. The van der Waals surface area contributed by atoms with E-state index in [0.29, 0.717) is 43.1 Å². The Morgan fingerprint density at radius 1 is 1.02 bits per heavy atom. The van der Waals surface area contributed by atoms with Gasteiger partial charge in [-0.25, -0.2) is 4.79 Å². The molecule has 3 heterocycles. The lowest BCUT2D eigenvalue weighted by atomic mass is 9.83. The van der Waals surface area contributed by atoms with Gasteiger partial charge in [-0.2, -0.15) is 0 Å². The molecule has 0 bridgehead atoms. The number of hydrogen-bond donors (Lipinski definition) is 2. The molecule has 1 saturated heterocycles. The molecule has 2 N–H and O–H groups in total. The van der Waals surface area contributed by atoms with E-state index in [1.165, 1.54) is 0 Å². The van der Waals surface area contributed by atoms with Crippen molar-refractivity contribution in [2.75, 3.05) is 29.6 Å². The number of ether oxygens (including phenoxy) is 1. The van der Waals surface area contributed by atoms with Gasteiger partial charge in [0.15, 0.2) is 5.60 Å². The molecule has 0 spiro atoms. The number of cyclic esters (lactones) is 1. The Morgan fingerprint density at radius 2 is 1.77 bits per heavy atom. The van der Waals surface area contributed by atoms with Crippen LogP contribution in [0.15, 0.2) is 97.2 Å².